The van der Waals surface area contributed by atoms with E-state index in [1.807, 2.05) is 6.08 Å². The van der Waals surface area contributed by atoms with Gasteiger partial charge in [-0.2, -0.15) is 0 Å². The number of benzene rings is 1. The van der Waals surface area contributed by atoms with Gasteiger partial charge in [-0.1, -0.05) is 56.0 Å². The van der Waals surface area contributed by atoms with E-state index in [4.69, 9.17) is 14.2 Å². The number of nitrogens with zero attached hydrogens (tertiary/aromatic N) is 1. The van der Waals surface area contributed by atoms with Crippen molar-refractivity contribution in [2.24, 2.45) is 5.92 Å². The van der Waals surface area contributed by atoms with Crippen molar-refractivity contribution in [3.63, 3.8) is 0 Å². The summed E-state index contributed by atoms with van der Waals surface area (Å²) in [6.07, 6.45) is 11.8. The highest BCUT2D eigenvalue weighted by molar-refractivity contribution is 5.45. The number of rotatable bonds is 9. The van der Waals surface area contributed by atoms with Gasteiger partial charge in [-0.25, -0.2) is 0 Å². The summed E-state index contributed by atoms with van der Waals surface area (Å²) in [7, 11) is 1.74. The fraction of sp³-hybridized carbons (Fsp3) is 0.484. The smallest absolute Gasteiger partial charge is 0.124 e. The molecule has 4 nitrogen and oxygen atoms in total. The Balaban J connectivity index is 1.62. The third kappa shape index (κ3) is 5.59. The molecule has 0 N–H and O–H groups in total. The maximum absolute atomic E-state index is 6.66. The Hall–Kier alpha value is -2.72. The molecule has 2 aliphatic heterocycles. The van der Waals surface area contributed by atoms with Crippen LogP contribution in [0, 0.1) is 5.92 Å². The first-order chi connectivity index (χ1) is 16.9. The van der Waals surface area contributed by atoms with Crippen molar-refractivity contribution in [2.45, 2.75) is 64.6 Å². The average Bonchev–Trinajstić information content (AvgIpc) is 2.82. The molecule has 0 bridgehead atoms. The Morgan fingerprint density at radius 1 is 1.17 bits per heavy atom. The van der Waals surface area contributed by atoms with Crippen LogP contribution >= 0.6 is 0 Å². The van der Waals surface area contributed by atoms with E-state index >= 15 is 0 Å². The summed E-state index contributed by atoms with van der Waals surface area (Å²) < 4.78 is 18.4. The molecule has 0 aromatic heterocycles. The van der Waals surface area contributed by atoms with Gasteiger partial charge in [0.15, 0.2) is 0 Å². The van der Waals surface area contributed by atoms with E-state index in [1.165, 1.54) is 23.1 Å². The van der Waals surface area contributed by atoms with E-state index in [1.54, 1.807) is 7.11 Å². The first-order valence-corrected chi connectivity index (χ1v) is 13.0. The van der Waals surface area contributed by atoms with Crippen molar-refractivity contribution in [1.82, 2.24) is 4.90 Å². The van der Waals surface area contributed by atoms with Gasteiger partial charge in [-0.3, -0.25) is 4.90 Å². The normalized spacial score (nSPS) is 24.9. The van der Waals surface area contributed by atoms with Gasteiger partial charge < -0.3 is 14.2 Å². The summed E-state index contributed by atoms with van der Waals surface area (Å²) in [5, 5.41) is 0. The Morgan fingerprint density at radius 2 is 1.91 bits per heavy atom. The molecular formula is C31H41NO3. The van der Waals surface area contributed by atoms with Crippen molar-refractivity contribution in [2.75, 3.05) is 26.7 Å². The molecule has 1 aromatic rings. The fourth-order valence-corrected chi connectivity index (χ4v) is 5.77. The number of ether oxygens (including phenoxy) is 3. The molecule has 0 radical (unpaired) electrons. The number of likely N-dealkylation sites (tertiary alicyclic amines) is 1. The van der Waals surface area contributed by atoms with Gasteiger partial charge in [-0.05, 0) is 62.9 Å². The molecule has 3 aliphatic rings. The van der Waals surface area contributed by atoms with Crippen LogP contribution in [0.5, 0.6) is 0 Å². The van der Waals surface area contributed by atoms with Crippen molar-refractivity contribution in [3.8, 4) is 0 Å². The van der Waals surface area contributed by atoms with E-state index < -0.39 is 0 Å². The molecule has 1 fully saturated rings. The molecule has 35 heavy (non-hydrogen) atoms. The second-order valence-corrected chi connectivity index (χ2v) is 10.4. The Morgan fingerprint density at radius 3 is 2.57 bits per heavy atom. The zero-order valence-electron chi connectivity index (χ0n) is 22.0. The maximum Gasteiger partial charge on any atom is 0.124 e. The predicted molar refractivity (Wildman–Crippen MR) is 143 cm³/mol. The average molecular weight is 476 g/mol. The van der Waals surface area contributed by atoms with Crippen molar-refractivity contribution >= 4 is 0 Å². The van der Waals surface area contributed by atoms with Crippen LogP contribution in [-0.4, -0.2) is 43.3 Å². The van der Waals surface area contributed by atoms with Gasteiger partial charge >= 0.3 is 0 Å². The summed E-state index contributed by atoms with van der Waals surface area (Å²) in [6, 6.07) is 10.8. The zero-order chi connectivity index (χ0) is 25.0. The quantitative estimate of drug-likeness (QED) is 0.287. The minimum Gasteiger partial charge on any atom is -0.501 e. The highest BCUT2D eigenvalue weighted by atomic mass is 16.5. The molecule has 1 unspecified atom stereocenters. The van der Waals surface area contributed by atoms with Crippen LogP contribution in [0.25, 0.3) is 0 Å². The van der Waals surface area contributed by atoms with Crippen LogP contribution in [0.1, 0.15) is 58.4 Å². The molecule has 1 aliphatic carbocycles. The summed E-state index contributed by atoms with van der Waals surface area (Å²) in [6.45, 7) is 16.1. The van der Waals surface area contributed by atoms with Crippen LogP contribution in [-0.2, 0) is 14.2 Å². The topological polar surface area (TPSA) is 30.9 Å². The van der Waals surface area contributed by atoms with Gasteiger partial charge in [0.05, 0.1) is 12.9 Å². The standard InChI is InChI=1S/C31H41NO3/c1-7-18-32-20-26(21-32)34-22(3)14-15-23(8-2)29-27-17-16-25(33-6)19-28(27)35-31(4,5)30(29)24-12-10-9-11-13-24/h8-15,19,26,29-30H,3,7,16-18,20-21H2,1-2,4-6H3/b15-14-,23-8+/t29?,30-/m0/s1. The third-order valence-electron chi connectivity index (χ3n) is 7.44. The largest absolute Gasteiger partial charge is 0.501 e. The molecule has 4 heteroatoms. The summed E-state index contributed by atoms with van der Waals surface area (Å²) in [4.78, 5) is 2.42. The van der Waals surface area contributed by atoms with Gasteiger partial charge in [0.1, 0.15) is 23.2 Å². The molecule has 4 rings (SSSR count). The first-order valence-electron chi connectivity index (χ1n) is 13.0. The predicted octanol–water partition coefficient (Wildman–Crippen LogP) is 6.90. The molecule has 0 saturated carbocycles. The van der Waals surface area contributed by atoms with Crippen LogP contribution in [0.3, 0.4) is 0 Å². The van der Waals surface area contributed by atoms with Crippen molar-refractivity contribution in [3.05, 3.63) is 95.2 Å². The highest BCUT2D eigenvalue weighted by Gasteiger charge is 2.46. The minimum absolute atomic E-state index is 0.180. The van der Waals surface area contributed by atoms with Gasteiger partial charge in [0.25, 0.3) is 0 Å². The second-order valence-electron chi connectivity index (χ2n) is 10.4. The lowest BCUT2D eigenvalue weighted by atomic mass is 9.66. The molecule has 2 heterocycles. The lowest BCUT2D eigenvalue weighted by Crippen LogP contribution is -2.51. The van der Waals surface area contributed by atoms with Crippen LogP contribution < -0.4 is 0 Å². The Bertz CT molecular complexity index is 1020. The fourth-order valence-electron chi connectivity index (χ4n) is 5.77. The number of hydrogen-bond donors (Lipinski definition) is 0. The number of methoxy groups -OCH3 is 1. The highest BCUT2D eigenvalue weighted by Crippen LogP contribution is 2.52. The van der Waals surface area contributed by atoms with E-state index in [9.17, 15) is 0 Å². The van der Waals surface area contributed by atoms with Gasteiger partial charge in [0.2, 0.25) is 0 Å². The molecule has 188 valence electrons. The van der Waals surface area contributed by atoms with E-state index in [-0.39, 0.29) is 23.5 Å². The molecule has 0 spiro atoms. The lowest BCUT2D eigenvalue weighted by Gasteiger charge is -2.47. The van der Waals surface area contributed by atoms with Gasteiger partial charge in [-0.15, -0.1) is 0 Å². The zero-order valence-corrected chi connectivity index (χ0v) is 22.0. The monoisotopic (exact) mass is 475 g/mol. The third-order valence-corrected chi connectivity index (χ3v) is 7.44. The van der Waals surface area contributed by atoms with Crippen molar-refractivity contribution in [1.29, 1.82) is 0 Å². The first kappa shape index (κ1) is 25.4. The van der Waals surface area contributed by atoms with E-state index in [2.05, 4.69) is 87.7 Å². The van der Waals surface area contributed by atoms with Gasteiger partial charge in [0, 0.05) is 37.4 Å². The number of hydrogen-bond acceptors (Lipinski definition) is 4. The SMILES string of the molecule is C=C(/C=C\C(=C/C)C1C2=C(C=C(OC)CC2)OC(C)(C)[C@H]1c1ccccc1)OC1CN(CCC)C1. The van der Waals surface area contributed by atoms with E-state index in [0.717, 1.165) is 49.8 Å². The lowest BCUT2D eigenvalue weighted by molar-refractivity contribution is -0.0167. The Kier molecular flexibility index (Phi) is 7.91. The molecule has 0 amide bonds. The number of allylic oxidation sites excluding steroid dienone is 7. The van der Waals surface area contributed by atoms with Crippen LogP contribution in [0.4, 0.5) is 0 Å². The summed E-state index contributed by atoms with van der Waals surface area (Å²) in [5.74, 6) is 3.05. The Labute approximate surface area is 211 Å². The minimum atomic E-state index is -0.387. The molecule has 1 saturated heterocycles. The maximum atomic E-state index is 6.66. The molecular weight excluding hydrogens is 434 g/mol. The molecule has 1 aromatic carbocycles. The summed E-state index contributed by atoms with van der Waals surface area (Å²) in [5.41, 5.74) is 3.52. The molecule has 2 atom stereocenters. The van der Waals surface area contributed by atoms with Crippen LogP contribution in [0.2, 0.25) is 0 Å². The van der Waals surface area contributed by atoms with Crippen LogP contribution in [0.15, 0.2) is 89.6 Å². The summed E-state index contributed by atoms with van der Waals surface area (Å²) >= 11 is 0. The second kappa shape index (κ2) is 10.9. The van der Waals surface area contributed by atoms with Crippen molar-refractivity contribution < 1.29 is 14.2 Å². The van der Waals surface area contributed by atoms with E-state index in [0.29, 0.717) is 0 Å².